The van der Waals surface area contributed by atoms with Crippen LogP contribution in [0.2, 0.25) is 0 Å². The molecule has 0 fully saturated rings. The third kappa shape index (κ3) is 3.40. The van der Waals surface area contributed by atoms with E-state index in [9.17, 15) is 8.42 Å². The molecule has 0 bridgehead atoms. The maximum Gasteiger partial charge on any atom is 0.243 e. The summed E-state index contributed by atoms with van der Waals surface area (Å²) in [4.78, 5) is 11.7. The van der Waals surface area contributed by atoms with E-state index in [0.717, 1.165) is 34.4 Å². The first kappa shape index (κ1) is 19.3. The maximum absolute atomic E-state index is 12.6. The minimum Gasteiger partial charge on any atom is -0.365 e. The number of sulfonamides is 1. The molecule has 0 radical (unpaired) electrons. The number of nitrogens with zero attached hydrogens (tertiary/aromatic N) is 3. The van der Waals surface area contributed by atoms with Gasteiger partial charge in [0.05, 0.1) is 10.3 Å². The van der Waals surface area contributed by atoms with Gasteiger partial charge in [-0.25, -0.2) is 18.4 Å². The van der Waals surface area contributed by atoms with E-state index in [1.165, 1.54) is 21.2 Å². The van der Waals surface area contributed by atoms with Crippen LogP contribution in [0.25, 0.3) is 10.2 Å². The molecule has 28 heavy (non-hydrogen) atoms. The Morgan fingerprint density at radius 2 is 1.93 bits per heavy atom. The van der Waals surface area contributed by atoms with Crippen LogP contribution in [0.3, 0.4) is 0 Å². The zero-order chi connectivity index (χ0) is 19.9. The molecule has 148 valence electrons. The number of aryl methyl sites for hydroxylation is 2. The minimum absolute atomic E-state index is 0.0844. The van der Waals surface area contributed by atoms with Crippen molar-refractivity contribution in [2.45, 2.75) is 50.6 Å². The molecule has 0 saturated heterocycles. The second-order valence-corrected chi connectivity index (χ2v) is 10.5. The Labute approximate surface area is 169 Å². The van der Waals surface area contributed by atoms with Crippen LogP contribution in [0.4, 0.5) is 5.82 Å². The van der Waals surface area contributed by atoms with Crippen LogP contribution in [0.1, 0.15) is 36.3 Å². The number of aromatic nitrogens is 2. The van der Waals surface area contributed by atoms with Crippen LogP contribution in [0.5, 0.6) is 0 Å². The van der Waals surface area contributed by atoms with Crippen LogP contribution in [0, 0.1) is 0 Å². The Bertz CT molecular complexity index is 1110. The van der Waals surface area contributed by atoms with Crippen molar-refractivity contribution in [3.63, 3.8) is 0 Å². The van der Waals surface area contributed by atoms with Gasteiger partial charge in [0.2, 0.25) is 10.0 Å². The van der Waals surface area contributed by atoms with Crippen LogP contribution in [-0.2, 0) is 29.4 Å². The molecule has 4 rings (SSSR count). The van der Waals surface area contributed by atoms with Gasteiger partial charge >= 0.3 is 0 Å². The Morgan fingerprint density at radius 3 is 2.64 bits per heavy atom. The molecule has 2 heterocycles. The zero-order valence-electron chi connectivity index (χ0n) is 16.3. The first-order valence-electron chi connectivity index (χ1n) is 9.44. The Hall–Kier alpha value is -2.03. The highest BCUT2D eigenvalue weighted by molar-refractivity contribution is 7.89. The van der Waals surface area contributed by atoms with Gasteiger partial charge in [-0.2, -0.15) is 4.31 Å². The van der Waals surface area contributed by atoms with Crippen molar-refractivity contribution in [1.29, 1.82) is 0 Å². The Kier molecular flexibility index (Phi) is 5.11. The van der Waals surface area contributed by atoms with Gasteiger partial charge in [0.25, 0.3) is 0 Å². The van der Waals surface area contributed by atoms with E-state index in [0.29, 0.717) is 11.4 Å². The Morgan fingerprint density at radius 1 is 1.18 bits per heavy atom. The monoisotopic (exact) mass is 416 g/mol. The lowest BCUT2D eigenvalue weighted by Gasteiger charge is -2.21. The summed E-state index contributed by atoms with van der Waals surface area (Å²) >= 11 is 1.77. The van der Waals surface area contributed by atoms with E-state index in [1.54, 1.807) is 36.8 Å². The van der Waals surface area contributed by atoms with Crippen molar-refractivity contribution < 1.29 is 8.42 Å². The lowest BCUT2D eigenvalue weighted by molar-refractivity contribution is 0.410. The fourth-order valence-electron chi connectivity index (χ4n) is 3.47. The van der Waals surface area contributed by atoms with Crippen molar-refractivity contribution in [3.05, 3.63) is 46.6 Å². The number of hydrogen-bond donors (Lipinski definition) is 1. The summed E-state index contributed by atoms with van der Waals surface area (Å²) in [5.74, 6) is 0.862. The molecular formula is C20H24N4O2S2. The van der Waals surface area contributed by atoms with Crippen molar-refractivity contribution in [3.8, 4) is 0 Å². The van der Waals surface area contributed by atoms with Crippen LogP contribution < -0.4 is 5.32 Å². The number of rotatable bonds is 6. The quantitative estimate of drug-likeness (QED) is 0.661. The average Bonchev–Trinajstić information content (AvgIpc) is 3.27. The molecule has 0 unspecified atom stereocenters. The predicted molar refractivity (Wildman–Crippen MR) is 113 cm³/mol. The molecule has 1 aliphatic rings. The van der Waals surface area contributed by atoms with Crippen molar-refractivity contribution in [1.82, 2.24) is 14.3 Å². The topological polar surface area (TPSA) is 75.2 Å². The van der Waals surface area contributed by atoms with E-state index in [2.05, 4.69) is 15.3 Å². The second-order valence-electron chi connectivity index (χ2n) is 7.37. The highest BCUT2D eigenvalue weighted by Crippen LogP contribution is 2.39. The summed E-state index contributed by atoms with van der Waals surface area (Å²) in [6.45, 7) is 4.30. The van der Waals surface area contributed by atoms with Gasteiger partial charge in [0.1, 0.15) is 17.0 Å². The summed E-state index contributed by atoms with van der Waals surface area (Å²) in [6.07, 6.45) is 5.03. The molecule has 0 atom stereocenters. The molecule has 1 aliphatic carbocycles. The lowest BCUT2D eigenvalue weighted by Crippen LogP contribution is -2.33. The highest BCUT2D eigenvalue weighted by Gasteiger charge is 2.23. The van der Waals surface area contributed by atoms with Gasteiger partial charge in [-0.05, 0) is 56.4 Å². The predicted octanol–water partition coefficient (Wildman–Crippen LogP) is 3.82. The number of fused-ring (bicyclic) bond motifs is 3. The summed E-state index contributed by atoms with van der Waals surface area (Å²) < 4.78 is 26.6. The third-order valence-electron chi connectivity index (χ3n) is 5.29. The van der Waals surface area contributed by atoms with Crippen LogP contribution in [-0.4, -0.2) is 35.8 Å². The molecule has 2 aromatic heterocycles. The second kappa shape index (κ2) is 7.42. The molecule has 3 aromatic rings. The van der Waals surface area contributed by atoms with Gasteiger partial charge in [-0.3, -0.25) is 0 Å². The number of anilines is 1. The summed E-state index contributed by atoms with van der Waals surface area (Å²) in [5, 5.41) is 4.57. The Balaban J connectivity index is 1.53. The van der Waals surface area contributed by atoms with E-state index < -0.39 is 10.0 Å². The molecule has 0 saturated carbocycles. The number of hydrogen-bond acceptors (Lipinski definition) is 6. The van der Waals surface area contributed by atoms with E-state index in [4.69, 9.17) is 0 Å². The van der Waals surface area contributed by atoms with Crippen LogP contribution in [0.15, 0.2) is 35.5 Å². The van der Waals surface area contributed by atoms with Crippen LogP contribution >= 0.6 is 11.3 Å². The van der Waals surface area contributed by atoms with E-state index >= 15 is 0 Å². The molecule has 0 amide bonds. The minimum atomic E-state index is -3.46. The lowest BCUT2D eigenvalue weighted by atomic mass is 10.2. The SMILES string of the molecule is CC(C)N(C)S(=O)(=O)c1ccc(CNc2ncnc3sc4c(c23)CCC4)cc1. The first-order valence-corrected chi connectivity index (χ1v) is 11.7. The van der Waals surface area contributed by atoms with Gasteiger partial charge in [0, 0.05) is 24.5 Å². The van der Waals surface area contributed by atoms with E-state index in [-0.39, 0.29) is 6.04 Å². The van der Waals surface area contributed by atoms with E-state index in [1.807, 2.05) is 26.0 Å². The number of nitrogens with one attached hydrogen (secondary N) is 1. The molecule has 6 nitrogen and oxygen atoms in total. The fourth-order valence-corrected chi connectivity index (χ4v) is 6.07. The van der Waals surface area contributed by atoms with Gasteiger partial charge in [0.15, 0.2) is 0 Å². The van der Waals surface area contributed by atoms with Gasteiger partial charge in [-0.15, -0.1) is 11.3 Å². The summed E-state index contributed by atoms with van der Waals surface area (Å²) in [5.41, 5.74) is 2.39. The molecule has 8 heteroatoms. The largest absolute Gasteiger partial charge is 0.365 e. The standard InChI is InChI=1S/C20H24N4O2S2/c1-13(2)24(3)28(25,26)15-9-7-14(8-10-15)11-21-19-18-16-5-4-6-17(16)27-20(18)23-12-22-19/h7-10,12-13H,4-6,11H2,1-3H3,(H,21,22,23). The molecular weight excluding hydrogens is 392 g/mol. The zero-order valence-corrected chi connectivity index (χ0v) is 17.9. The molecule has 0 spiro atoms. The maximum atomic E-state index is 12.6. The smallest absolute Gasteiger partial charge is 0.243 e. The third-order valence-corrected chi connectivity index (χ3v) is 8.54. The molecule has 1 aromatic carbocycles. The summed E-state index contributed by atoms with van der Waals surface area (Å²) in [7, 11) is -1.85. The first-order chi connectivity index (χ1) is 13.4. The molecule has 1 N–H and O–H groups in total. The van der Waals surface area contributed by atoms with Crippen molar-refractivity contribution in [2.24, 2.45) is 0 Å². The van der Waals surface area contributed by atoms with Gasteiger partial charge < -0.3 is 5.32 Å². The molecule has 0 aliphatic heterocycles. The van der Waals surface area contributed by atoms with Crippen molar-refractivity contribution in [2.75, 3.05) is 12.4 Å². The number of thiophene rings is 1. The van der Waals surface area contributed by atoms with Crippen molar-refractivity contribution >= 4 is 37.4 Å². The number of benzene rings is 1. The fraction of sp³-hybridized carbons (Fsp3) is 0.400. The van der Waals surface area contributed by atoms with Gasteiger partial charge in [-0.1, -0.05) is 12.1 Å². The normalized spacial score (nSPS) is 14.2. The highest BCUT2D eigenvalue weighted by atomic mass is 32.2. The summed E-state index contributed by atoms with van der Waals surface area (Å²) in [6, 6.07) is 6.96. The average molecular weight is 417 g/mol.